The summed E-state index contributed by atoms with van der Waals surface area (Å²) in [6.07, 6.45) is 7.68. The molecule has 4 heteroatoms. The number of nitrogens with zero attached hydrogens (tertiary/aromatic N) is 1. The third-order valence-electron chi connectivity index (χ3n) is 3.14. The fourth-order valence-electron chi connectivity index (χ4n) is 2.27. The molecule has 3 rings (SSSR count). The van der Waals surface area contributed by atoms with Gasteiger partial charge in [0.05, 0.1) is 17.4 Å². The molecule has 0 fully saturated rings. The number of para-hydroxylation sites is 1. The molecule has 18 heavy (non-hydrogen) atoms. The zero-order valence-electron chi connectivity index (χ0n) is 12.1. The maximum atomic E-state index is 3.67. The quantitative estimate of drug-likeness (QED) is 0.751. The summed E-state index contributed by atoms with van der Waals surface area (Å²) in [6.45, 7) is 0. The molecule has 1 aliphatic carbocycles. The van der Waals surface area contributed by atoms with Crippen molar-refractivity contribution < 1.29 is 31.0 Å². The van der Waals surface area contributed by atoms with E-state index in [1.54, 1.807) is 0 Å². The second-order valence-corrected chi connectivity index (χ2v) is 5.69. The predicted octanol–water partition coefficient (Wildman–Crippen LogP) is 0.599. The first-order chi connectivity index (χ1) is 8.25. The Hall–Kier alpha value is -0.350. The topological polar surface area (TPSA) is 15.3 Å². The number of fused-ring (bicyclic) bond motifs is 2. The summed E-state index contributed by atoms with van der Waals surface area (Å²) in [5.41, 5.74) is 2.54. The Morgan fingerprint density at radius 1 is 1.39 bits per heavy atom. The molecule has 1 heterocycles. The van der Waals surface area contributed by atoms with Crippen molar-refractivity contribution in [1.82, 2.24) is 0 Å². The molecule has 1 N–H and O–H groups in total. The van der Waals surface area contributed by atoms with Crippen LogP contribution in [-0.4, -0.2) is 20.1 Å². The summed E-state index contributed by atoms with van der Waals surface area (Å²) in [5.74, 6) is 0. The molecule has 0 spiro atoms. The Morgan fingerprint density at radius 3 is 3.00 bits per heavy atom. The summed E-state index contributed by atoms with van der Waals surface area (Å²) in [7, 11) is 4.18. The van der Waals surface area contributed by atoms with Gasteiger partial charge in [0, 0.05) is 23.9 Å². The third-order valence-corrected chi connectivity index (χ3v) is 4.36. The maximum absolute atomic E-state index is 3.67. The molecule has 1 aliphatic heterocycles. The predicted molar refractivity (Wildman–Crippen MR) is 77.0 cm³/mol. The van der Waals surface area contributed by atoms with Crippen LogP contribution in [-0.2, 0) is 0 Å². The number of nitrogens with one attached hydrogen (secondary N) is 1. The monoisotopic (exact) mass is 268 g/mol. The van der Waals surface area contributed by atoms with Gasteiger partial charge < -0.3 is 11.6 Å². The van der Waals surface area contributed by atoms with E-state index in [4.69, 9.17) is 0 Å². The Bertz CT molecular complexity index is 514. The van der Waals surface area contributed by atoms with Gasteiger partial charge in [-0.1, -0.05) is 36.1 Å². The first-order valence-corrected chi connectivity index (χ1v) is 6.69. The number of anilines is 2. The molecule has 2 nitrogen and oxygen atoms in total. The van der Waals surface area contributed by atoms with Gasteiger partial charge in [0.1, 0.15) is 0 Å². The Morgan fingerprint density at radius 2 is 2.22 bits per heavy atom. The van der Waals surface area contributed by atoms with Crippen molar-refractivity contribution in [2.45, 2.75) is 17.4 Å². The maximum Gasteiger partial charge on any atom is 1.00 e. The molecule has 0 radical (unpaired) electrons. The van der Waals surface area contributed by atoms with Crippen LogP contribution in [0.25, 0.3) is 0 Å². The van der Waals surface area contributed by atoms with Crippen LogP contribution < -0.4 is 39.8 Å². The van der Waals surface area contributed by atoms with Crippen molar-refractivity contribution in [3.8, 4) is 0 Å². The van der Waals surface area contributed by atoms with Crippen LogP contribution in [0.2, 0.25) is 0 Å². The molecule has 1 unspecified atom stereocenters. The Kier molecular flexibility index (Phi) is 4.49. The fraction of sp³-hybridized carbons (Fsp3) is 0.286. The molecule has 0 saturated carbocycles. The van der Waals surface area contributed by atoms with Gasteiger partial charge >= 0.3 is 29.6 Å². The summed E-state index contributed by atoms with van der Waals surface area (Å²) in [6, 6.07) is 6.94. The van der Waals surface area contributed by atoms with E-state index in [0.717, 1.165) is 6.42 Å². The van der Waals surface area contributed by atoms with E-state index in [0.29, 0.717) is 6.04 Å². The Balaban J connectivity index is 0.000000902. The molecule has 0 saturated heterocycles. The molecule has 0 amide bonds. The molecule has 1 aromatic rings. The molecular formula is C14H17N2NaS. The van der Waals surface area contributed by atoms with Crippen LogP contribution in [0.5, 0.6) is 0 Å². The first kappa shape index (κ1) is 14.1. The van der Waals surface area contributed by atoms with Crippen LogP contribution in [0.15, 0.2) is 46.2 Å². The number of benzene rings is 1. The largest absolute Gasteiger partial charge is 1.00 e. The van der Waals surface area contributed by atoms with E-state index in [1.165, 1.54) is 21.2 Å². The number of hydrogen-bond donors (Lipinski definition) is 1. The molecule has 0 aromatic heterocycles. The first-order valence-electron chi connectivity index (χ1n) is 5.87. The minimum atomic E-state index is 0. The average Bonchev–Trinajstić information content (AvgIpc) is 2.35. The minimum absolute atomic E-state index is 0. The van der Waals surface area contributed by atoms with Crippen LogP contribution in [0.3, 0.4) is 0 Å². The molecule has 90 valence electrons. The Labute approximate surface area is 136 Å². The molecular weight excluding hydrogens is 251 g/mol. The molecule has 1 atom stereocenters. The van der Waals surface area contributed by atoms with Gasteiger partial charge in [-0.2, -0.15) is 0 Å². The normalized spacial score (nSPS) is 19.9. The second-order valence-electron chi connectivity index (χ2n) is 4.58. The summed E-state index contributed by atoms with van der Waals surface area (Å²) in [4.78, 5) is 4.92. The van der Waals surface area contributed by atoms with Crippen molar-refractivity contribution >= 4 is 23.1 Å². The summed E-state index contributed by atoms with van der Waals surface area (Å²) in [5, 5.41) is 3.67. The standard InChI is InChI=1S/C14H16N2S.Na.H/c1-16(2)11-7-5-9-13-14(11)15-10-6-3-4-8-12(10)17-13;;/h3-5,7-10,15H,6H2,1-2H3;;/q;+1;-1. The van der Waals surface area contributed by atoms with Gasteiger partial charge in [-0.15, -0.1) is 0 Å². The third kappa shape index (κ3) is 2.50. The van der Waals surface area contributed by atoms with Crippen molar-refractivity contribution in [1.29, 1.82) is 0 Å². The molecule has 0 bridgehead atoms. The van der Waals surface area contributed by atoms with Gasteiger partial charge in [0.2, 0.25) is 0 Å². The van der Waals surface area contributed by atoms with Crippen LogP contribution in [0, 0.1) is 0 Å². The number of hydrogen-bond acceptors (Lipinski definition) is 3. The van der Waals surface area contributed by atoms with E-state index < -0.39 is 0 Å². The van der Waals surface area contributed by atoms with Crippen molar-refractivity contribution in [2.75, 3.05) is 24.3 Å². The van der Waals surface area contributed by atoms with Gasteiger partial charge in [-0.3, -0.25) is 0 Å². The number of rotatable bonds is 1. The van der Waals surface area contributed by atoms with E-state index >= 15 is 0 Å². The van der Waals surface area contributed by atoms with Crippen molar-refractivity contribution in [3.63, 3.8) is 0 Å². The van der Waals surface area contributed by atoms with E-state index in [-0.39, 0.29) is 31.0 Å². The van der Waals surface area contributed by atoms with Gasteiger partial charge in [0.15, 0.2) is 0 Å². The molecule has 1 aromatic carbocycles. The fourth-order valence-corrected chi connectivity index (χ4v) is 3.38. The SMILES string of the molecule is CN(C)c1cccc2c1NC1CC=CC=C1S2.[H-].[Na+]. The van der Waals surface area contributed by atoms with E-state index in [2.05, 4.69) is 60.7 Å². The zero-order chi connectivity index (χ0) is 11.8. The summed E-state index contributed by atoms with van der Waals surface area (Å²) >= 11 is 1.89. The second kappa shape index (κ2) is 5.74. The van der Waals surface area contributed by atoms with Crippen LogP contribution in [0.1, 0.15) is 7.85 Å². The van der Waals surface area contributed by atoms with E-state index in [9.17, 15) is 0 Å². The van der Waals surface area contributed by atoms with Gasteiger partial charge in [-0.25, -0.2) is 0 Å². The number of allylic oxidation sites excluding steroid dienone is 2. The van der Waals surface area contributed by atoms with Gasteiger partial charge in [0.25, 0.3) is 0 Å². The number of thioether (sulfide) groups is 1. The van der Waals surface area contributed by atoms with Crippen molar-refractivity contribution in [2.24, 2.45) is 0 Å². The van der Waals surface area contributed by atoms with Crippen LogP contribution >= 0.6 is 11.8 Å². The van der Waals surface area contributed by atoms with E-state index in [1.807, 2.05) is 11.8 Å². The minimum Gasteiger partial charge on any atom is -1.00 e. The summed E-state index contributed by atoms with van der Waals surface area (Å²) < 4.78 is 0. The molecule has 2 aliphatic rings. The smallest absolute Gasteiger partial charge is 1.00 e. The zero-order valence-corrected chi connectivity index (χ0v) is 13.9. The average molecular weight is 268 g/mol. The van der Waals surface area contributed by atoms with Crippen molar-refractivity contribution in [3.05, 3.63) is 41.3 Å². The van der Waals surface area contributed by atoms with Crippen LogP contribution in [0.4, 0.5) is 11.4 Å². The van der Waals surface area contributed by atoms with Gasteiger partial charge in [-0.05, 0) is 18.6 Å².